The molecule has 0 saturated carbocycles. The Hall–Kier alpha value is -1.39. The molecule has 1 aromatic carbocycles. The summed E-state index contributed by atoms with van der Waals surface area (Å²) in [6.07, 6.45) is 1.20. The molecule has 2 N–H and O–H groups in total. The van der Waals surface area contributed by atoms with Crippen molar-refractivity contribution in [1.82, 2.24) is 9.78 Å². The predicted molar refractivity (Wildman–Crippen MR) is 83.9 cm³/mol. The van der Waals surface area contributed by atoms with Gasteiger partial charge in [-0.2, -0.15) is 5.10 Å². The Balaban J connectivity index is 2.41. The minimum absolute atomic E-state index is 0.295. The molecule has 0 bridgehead atoms. The molecule has 2 rings (SSSR count). The van der Waals surface area contributed by atoms with Gasteiger partial charge in [0, 0.05) is 24.1 Å². The van der Waals surface area contributed by atoms with Crippen molar-refractivity contribution in [3.05, 3.63) is 52.1 Å². The first-order valence-electron chi connectivity index (χ1n) is 7.18. The van der Waals surface area contributed by atoms with E-state index in [1.165, 1.54) is 6.07 Å². The molecule has 21 heavy (non-hydrogen) atoms. The average molecular weight is 310 g/mol. The molecule has 1 atom stereocenters. The number of rotatable bonds is 5. The maximum Gasteiger partial charge on any atom is 0.128 e. The van der Waals surface area contributed by atoms with E-state index >= 15 is 0 Å². The van der Waals surface area contributed by atoms with Crippen molar-refractivity contribution in [3.63, 3.8) is 0 Å². The van der Waals surface area contributed by atoms with Gasteiger partial charge in [0.25, 0.3) is 0 Å². The second-order valence-electron chi connectivity index (χ2n) is 5.45. The molecule has 0 aliphatic rings. The van der Waals surface area contributed by atoms with Gasteiger partial charge in [0.1, 0.15) is 5.82 Å². The molecule has 0 aliphatic carbocycles. The van der Waals surface area contributed by atoms with Crippen LogP contribution < -0.4 is 5.73 Å². The van der Waals surface area contributed by atoms with Crippen molar-refractivity contribution in [2.24, 2.45) is 5.73 Å². The summed E-state index contributed by atoms with van der Waals surface area (Å²) in [7, 11) is 0. The van der Waals surface area contributed by atoms with Gasteiger partial charge in [0.15, 0.2) is 0 Å². The number of nitrogens with two attached hydrogens (primary N) is 1. The summed E-state index contributed by atoms with van der Waals surface area (Å²) in [5, 5.41) is 5.13. The minimum Gasteiger partial charge on any atom is -0.321 e. The number of hydrogen-bond acceptors (Lipinski definition) is 2. The van der Waals surface area contributed by atoms with Crippen LogP contribution in [-0.4, -0.2) is 9.78 Å². The minimum atomic E-state index is -0.840. The molecule has 2 aromatic rings. The fourth-order valence-electron chi connectivity index (χ4n) is 2.55. The summed E-state index contributed by atoms with van der Waals surface area (Å²) in [4.78, 5) is 0. The Morgan fingerprint density at radius 3 is 2.57 bits per heavy atom. The molecule has 0 radical (unpaired) electrons. The highest BCUT2D eigenvalue weighted by molar-refractivity contribution is 6.31. The molecular formula is C16H21ClFN3. The summed E-state index contributed by atoms with van der Waals surface area (Å²) < 4.78 is 15.9. The highest BCUT2D eigenvalue weighted by Gasteiger charge is 2.28. The van der Waals surface area contributed by atoms with Gasteiger partial charge in [-0.25, -0.2) is 4.39 Å². The normalized spacial score (nSPS) is 14.2. The van der Waals surface area contributed by atoms with Gasteiger partial charge in [0.05, 0.1) is 16.4 Å². The van der Waals surface area contributed by atoms with Gasteiger partial charge in [-0.3, -0.25) is 4.68 Å². The molecule has 1 unspecified atom stereocenters. The topological polar surface area (TPSA) is 43.8 Å². The van der Waals surface area contributed by atoms with Crippen LogP contribution in [0.3, 0.4) is 0 Å². The summed E-state index contributed by atoms with van der Waals surface area (Å²) >= 11 is 6.41. The van der Waals surface area contributed by atoms with Crippen molar-refractivity contribution in [2.45, 2.75) is 45.7 Å². The summed E-state index contributed by atoms with van der Waals surface area (Å²) in [6.45, 7) is 6.54. The largest absolute Gasteiger partial charge is 0.321 e. The molecule has 0 amide bonds. The molecule has 0 spiro atoms. The Bertz CT molecular complexity index is 634. The Morgan fingerprint density at radius 2 is 2.00 bits per heavy atom. The highest BCUT2D eigenvalue weighted by Crippen LogP contribution is 2.30. The smallest absolute Gasteiger partial charge is 0.128 e. The fraction of sp³-hybridized carbons (Fsp3) is 0.438. The first kappa shape index (κ1) is 16.0. The van der Waals surface area contributed by atoms with Crippen LogP contribution in [0.2, 0.25) is 5.02 Å². The van der Waals surface area contributed by atoms with Gasteiger partial charge in [0.2, 0.25) is 0 Å². The molecule has 1 aromatic heterocycles. The van der Waals surface area contributed by atoms with E-state index in [4.69, 9.17) is 17.3 Å². The van der Waals surface area contributed by atoms with Crippen LogP contribution in [0.15, 0.2) is 24.3 Å². The van der Waals surface area contributed by atoms with Crippen LogP contribution in [-0.2, 0) is 24.9 Å². The zero-order valence-corrected chi connectivity index (χ0v) is 13.4. The average Bonchev–Trinajstić information content (AvgIpc) is 2.75. The molecule has 3 nitrogen and oxygen atoms in total. The van der Waals surface area contributed by atoms with Crippen LogP contribution >= 0.6 is 11.6 Å². The second-order valence-corrected chi connectivity index (χ2v) is 5.83. The number of nitrogens with zero attached hydrogens (tertiary/aromatic N) is 2. The fourth-order valence-corrected chi connectivity index (χ4v) is 2.89. The van der Waals surface area contributed by atoms with E-state index in [0.717, 1.165) is 17.8 Å². The van der Waals surface area contributed by atoms with Crippen LogP contribution in [0.25, 0.3) is 0 Å². The molecule has 114 valence electrons. The van der Waals surface area contributed by atoms with Crippen molar-refractivity contribution < 1.29 is 4.39 Å². The van der Waals surface area contributed by atoms with Crippen molar-refractivity contribution in [1.29, 1.82) is 0 Å². The summed E-state index contributed by atoms with van der Waals surface area (Å²) in [5.41, 5.74) is 7.75. The zero-order valence-electron chi connectivity index (χ0n) is 12.7. The number of hydrogen-bond donors (Lipinski definition) is 1. The lowest BCUT2D eigenvalue weighted by Crippen LogP contribution is -2.37. The van der Waals surface area contributed by atoms with E-state index in [-0.39, 0.29) is 5.82 Å². The number of halogens is 2. The number of aryl methyl sites for hydroxylation is 2. The summed E-state index contributed by atoms with van der Waals surface area (Å²) in [5.74, 6) is -0.295. The molecule has 5 heteroatoms. The lowest BCUT2D eigenvalue weighted by Gasteiger charge is -2.26. The van der Waals surface area contributed by atoms with E-state index < -0.39 is 5.54 Å². The van der Waals surface area contributed by atoms with Gasteiger partial charge in [-0.05, 0) is 26.3 Å². The molecule has 1 heterocycles. The van der Waals surface area contributed by atoms with E-state index in [2.05, 4.69) is 5.10 Å². The van der Waals surface area contributed by atoms with Gasteiger partial charge >= 0.3 is 0 Å². The Morgan fingerprint density at radius 1 is 1.33 bits per heavy atom. The monoisotopic (exact) mass is 309 g/mol. The predicted octanol–water partition coefficient (Wildman–Crippen LogP) is 3.67. The lowest BCUT2D eigenvalue weighted by atomic mass is 9.88. The third-order valence-electron chi connectivity index (χ3n) is 3.72. The van der Waals surface area contributed by atoms with E-state index in [0.29, 0.717) is 23.6 Å². The van der Waals surface area contributed by atoms with Gasteiger partial charge < -0.3 is 5.73 Å². The third kappa shape index (κ3) is 3.11. The summed E-state index contributed by atoms with van der Waals surface area (Å²) in [6, 6.07) is 6.60. The molecule has 0 aliphatic heterocycles. The first-order valence-corrected chi connectivity index (χ1v) is 7.56. The van der Waals surface area contributed by atoms with E-state index in [9.17, 15) is 4.39 Å². The van der Waals surface area contributed by atoms with Crippen molar-refractivity contribution >= 4 is 11.6 Å². The standard InChI is InChI=1S/C16H21ClFN3/c1-4-13-15(17)14(21(5-2)20-13)10-16(3,19)11-8-6-7-9-12(11)18/h6-9H,4-5,10,19H2,1-3H3. The van der Waals surface area contributed by atoms with Crippen LogP contribution in [0.5, 0.6) is 0 Å². The highest BCUT2D eigenvalue weighted by atomic mass is 35.5. The quantitative estimate of drug-likeness (QED) is 0.915. The van der Waals surface area contributed by atoms with Gasteiger partial charge in [-0.1, -0.05) is 36.7 Å². The lowest BCUT2D eigenvalue weighted by molar-refractivity contribution is 0.438. The van der Waals surface area contributed by atoms with Crippen molar-refractivity contribution in [3.8, 4) is 0 Å². The third-order valence-corrected chi connectivity index (χ3v) is 4.15. The molecule has 0 saturated heterocycles. The zero-order chi connectivity index (χ0) is 15.6. The van der Waals surface area contributed by atoms with E-state index in [1.54, 1.807) is 18.2 Å². The number of aromatic nitrogens is 2. The maximum absolute atomic E-state index is 14.0. The second kappa shape index (κ2) is 6.16. The molecular weight excluding hydrogens is 289 g/mol. The van der Waals surface area contributed by atoms with Crippen LogP contribution in [0.1, 0.15) is 37.7 Å². The number of benzene rings is 1. The SMILES string of the molecule is CCc1nn(CC)c(CC(C)(N)c2ccccc2F)c1Cl. The van der Waals surface area contributed by atoms with Crippen LogP contribution in [0, 0.1) is 5.82 Å². The maximum atomic E-state index is 14.0. The Labute approximate surface area is 129 Å². The Kier molecular flexibility index (Phi) is 4.69. The first-order chi connectivity index (χ1) is 9.90. The molecule has 0 fully saturated rings. The van der Waals surface area contributed by atoms with Crippen molar-refractivity contribution in [2.75, 3.05) is 0 Å². The van der Waals surface area contributed by atoms with E-state index in [1.807, 2.05) is 25.5 Å². The van der Waals surface area contributed by atoms with Crippen LogP contribution in [0.4, 0.5) is 4.39 Å². The van der Waals surface area contributed by atoms with Gasteiger partial charge in [-0.15, -0.1) is 0 Å².